The van der Waals surface area contributed by atoms with E-state index in [1.807, 2.05) is 25.1 Å². The highest BCUT2D eigenvalue weighted by Crippen LogP contribution is 2.28. The quantitative estimate of drug-likeness (QED) is 0.560. The zero-order chi connectivity index (χ0) is 18.0. The molecule has 1 aromatic rings. The van der Waals surface area contributed by atoms with Crippen LogP contribution >= 0.6 is 0 Å². The Morgan fingerprint density at radius 1 is 1.21 bits per heavy atom. The lowest BCUT2D eigenvalue weighted by Crippen LogP contribution is -2.38. The Balaban J connectivity index is 2.56. The van der Waals surface area contributed by atoms with Gasteiger partial charge in [-0.1, -0.05) is 13.0 Å². The summed E-state index contributed by atoms with van der Waals surface area (Å²) in [5.41, 5.74) is 0.898. The first-order valence-corrected chi connectivity index (χ1v) is 7.70. The molecule has 0 spiro atoms. The summed E-state index contributed by atoms with van der Waals surface area (Å²) in [4.78, 5) is 3.89. The highest BCUT2D eigenvalue weighted by molar-refractivity contribution is 5.79. The number of guanidine groups is 1. The van der Waals surface area contributed by atoms with E-state index in [9.17, 15) is 13.2 Å². The number of ether oxygens (including phenoxy) is 2. The number of benzene rings is 1. The van der Waals surface area contributed by atoms with Crippen molar-refractivity contribution in [3.63, 3.8) is 0 Å². The predicted octanol–water partition coefficient (Wildman–Crippen LogP) is 3.10. The number of rotatable bonds is 8. The summed E-state index contributed by atoms with van der Waals surface area (Å²) >= 11 is 0. The standard InChI is InChI=1S/C16H24F3N3O2/c1-4-9-24-13-6-5-12(10-14(13)23-3)11-22-15(20-2)21-8-7-16(17,18)19/h5-6,10H,4,7-9,11H2,1-3H3,(H2,20,21,22). The van der Waals surface area contributed by atoms with Gasteiger partial charge in [-0.3, -0.25) is 4.99 Å². The van der Waals surface area contributed by atoms with Crippen LogP contribution < -0.4 is 20.1 Å². The Kier molecular flexibility index (Phi) is 8.21. The van der Waals surface area contributed by atoms with Crippen LogP contribution in [0.5, 0.6) is 11.5 Å². The number of nitrogens with zero attached hydrogens (tertiary/aromatic N) is 1. The highest BCUT2D eigenvalue weighted by Gasteiger charge is 2.26. The summed E-state index contributed by atoms with van der Waals surface area (Å²) in [6.07, 6.45) is -4.20. The second-order valence-corrected chi connectivity index (χ2v) is 5.05. The summed E-state index contributed by atoms with van der Waals surface area (Å²) in [7, 11) is 3.06. The van der Waals surface area contributed by atoms with E-state index < -0.39 is 12.6 Å². The molecule has 136 valence electrons. The molecule has 0 aliphatic rings. The Morgan fingerprint density at radius 3 is 2.54 bits per heavy atom. The van der Waals surface area contributed by atoms with Crippen LogP contribution in [0.4, 0.5) is 13.2 Å². The molecule has 2 N–H and O–H groups in total. The van der Waals surface area contributed by atoms with Crippen molar-refractivity contribution >= 4 is 5.96 Å². The van der Waals surface area contributed by atoms with Gasteiger partial charge in [0.1, 0.15) is 0 Å². The molecule has 0 aliphatic carbocycles. The second kappa shape index (κ2) is 9.89. The van der Waals surface area contributed by atoms with Gasteiger partial charge in [0.25, 0.3) is 0 Å². The van der Waals surface area contributed by atoms with E-state index in [-0.39, 0.29) is 6.54 Å². The molecule has 0 aromatic heterocycles. The van der Waals surface area contributed by atoms with Gasteiger partial charge in [0, 0.05) is 20.1 Å². The maximum atomic E-state index is 12.1. The largest absolute Gasteiger partial charge is 0.493 e. The fourth-order valence-corrected chi connectivity index (χ4v) is 1.88. The molecule has 0 aliphatic heterocycles. The molecule has 0 bridgehead atoms. The van der Waals surface area contributed by atoms with E-state index >= 15 is 0 Å². The van der Waals surface area contributed by atoms with E-state index in [0.29, 0.717) is 30.6 Å². The molecule has 0 saturated heterocycles. The van der Waals surface area contributed by atoms with Crippen molar-refractivity contribution in [2.75, 3.05) is 27.3 Å². The Morgan fingerprint density at radius 2 is 1.96 bits per heavy atom. The predicted molar refractivity (Wildman–Crippen MR) is 87.7 cm³/mol. The molecule has 0 fully saturated rings. The van der Waals surface area contributed by atoms with Crippen LogP contribution in [0, 0.1) is 0 Å². The zero-order valence-corrected chi connectivity index (χ0v) is 14.2. The number of nitrogens with one attached hydrogen (secondary N) is 2. The van der Waals surface area contributed by atoms with Gasteiger partial charge in [-0.2, -0.15) is 13.2 Å². The molecule has 0 saturated carbocycles. The summed E-state index contributed by atoms with van der Waals surface area (Å²) in [5.74, 6) is 1.59. The van der Waals surface area contributed by atoms with E-state index in [2.05, 4.69) is 15.6 Å². The molecule has 5 nitrogen and oxygen atoms in total. The number of halogens is 3. The molecule has 24 heavy (non-hydrogen) atoms. The Bertz CT molecular complexity index is 534. The molecule has 8 heteroatoms. The first-order valence-electron chi connectivity index (χ1n) is 7.70. The summed E-state index contributed by atoms with van der Waals surface area (Å²) in [6.45, 7) is 2.79. The lowest BCUT2D eigenvalue weighted by atomic mass is 10.2. The van der Waals surface area contributed by atoms with Crippen LogP contribution in [0.3, 0.4) is 0 Å². The van der Waals surface area contributed by atoms with Gasteiger partial charge in [0.15, 0.2) is 17.5 Å². The number of hydrogen-bond acceptors (Lipinski definition) is 3. The third kappa shape index (κ3) is 7.43. The molecule has 0 amide bonds. The first kappa shape index (κ1) is 19.9. The fraction of sp³-hybridized carbons (Fsp3) is 0.562. The molecule has 0 atom stereocenters. The van der Waals surface area contributed by atoms with Crippen molar-refractivity contribution < 1.29 is 22.6 Å². The molecule has 0 radical (unpaired) electrons. The zero-order valence-electron chi connectivity index (χ0n) is 14.2. The van der Waals surface area contributed by atoms with Crippen LogP contribution in [0.2, 0.25) is 0 Å². The topological polar surface area (TPSA) is 54.9 Å². The van der Waals surface area contributed by atoms with Crippen molar-refractivity contribution in [1.29, 1.82) is 0 Å². The Labute approximate surface area is 140 Å². The Hall–Kier alpha value is -2.12. The maximum Gasteiger partial charge on any atom is 0.390 e. The number of alkyl halides is 3. The van der Waals surface area contributed by atoms with Gasteiger partial charge >= 0.3 is 6.18 Å². The molecular weight excluding hydrogens is 323 g/mol. The minimum absolute atomic E-state index is 0.226. The molecule has 0 heterocycles. The summed E-state index contributed by atoms with van der Waals surface area (Å²) in [6, 6.07) is 5.50. The van der Waals surface area contributed by atoms with Gasteiger partial charge in [0.2, 0.25) is 0 Å². The van der Waals surface area contributed by atoms with Gasteiger partial charge in [-0.15, -0.1) is 0 Å². The molecule has 0 unspecified atom stereocenters. The number of methoxy groups -OCH3 is 1. The summed E-state index contributed by atoms with van der Waals surface area (Å²) in [5, 5.41) is 5.59. The summed E-state index contributed by atoms with van der Waals surface area (Å²) < 4.78 is 47.3. The first-order chi connectivity index (χ1) is 11.4. The van der Waals surface area contributed by atoms with E-state index in [0.717, 1.165) is 12.0 Å². The van der Waals surface area contributed by atoms with Crippen LogP contribution in [0.1, 0.15) is 25.3 Å². The van der Waals surface area contributed by atoms with Crippen LogP contribution in [-0.2, 0) is 6.54 Å². The lowest BCUT2D eigenvalue weighted by molar-refractivity contribution is -0.132. The van der Waals surface area contributed by atoms with E-state index in [1.165, 1.54) is 7.05 Å². The number of hydrogen-bond donors (Lipinski definition) is 2. The average Bonchev–Trinajstić information content (AvgIpc) is 2.55. The van der Waals surface area contributed by atoms with Crippen LogP contribution in [0.25, 0.3) is 0 Å². The minimum Gasteiger partial charge on any atom is -0.493 e. The third-order valence-corrected chi connectivity index (χ3v) is 3.07. The second-order valence-electron chi connectivity index (χ2n) is 5.05. The SMILES string of the molecule is CCCOc1ccc(CNC(=NC)NCCC(F)(F)F)cc1OC. The maximum absolute atomic E-state index is 12.1. The van der Waals surface area contributed by atoms with Gasteiger partial charge in [0.05, 0.1) is 20.1 Å². The van der Waals surface area contributed by atoms with Crippen molar-refractivity contribution in [1.82, 2.24) is 10.6 Å². The van der Waals surface area contributed by atoms with E-state index in [1.54, 1.807) is 7.11 Å². The monoisotopic (exact) mass is 347 g/mol. The normalized spacial score (nSPS) is 12.0. The minimum atomic E-state index is -4.19. The lowest BCUT2D eigenvalue weighted by Gasteiger charge is -2.14. The van der Waals surface area contributed by atoms with Crippen LogP contribution in [0.15, 0.2) is 23.2 Å². The van der Waals surface area contributed by atoms with Crippen molar-refractivity contribution in [3.8, 4) is 11.5 Å². The van der Waals surface area contributed by atoms with Crippen LogP contribution in [-0.4, -0.2) is 39.4 Å². The van der Waals surface area contributed by atoms with E-state index in [4.69, 9.17) is 9.47 Å². The number of aliphatic imine (C=N–C) groups is 1. The third-order valence-electron chi connectivity index (χ3n) is 3.07. The smallest absolute Gasteiger partial charge is 0.390 e. The van der Waals surface area contributed by atoms with Crippen molar-refractivity contribution in [2.45, 2.75) is 32.5 Å². The fourth-order valence-electron chi connectivity index (χ4n) is 1.88. The molecule has 1 aromatic carbocycles. The van der Waals surface area contributed by atoms with Crippen molar-refractivity contribution in [2.24, 2.45) is 4.99 Å². The molecular formula is C16H24F3N3O2. The van der Waals surface area contributed by atoms with Gasteiger partial charge in [-0.05, 0) is 24.1 Å². The molecule has 1 rings (SSSR count). The van der Waals surface area contributed by atoms with Gasteiger partial charge < -0.3 is 20.1 Å². The highest BCUT2D eigenvalue weighted by atomic mass is 19.4. The average molecular weight is 347 g/mol. The van der Waals surface area contributed by atoms with Gasteiger partial charge in [-0.25, -0.2) is 0 Å². The van der Waals surface area contributed by atoms with Crippen molar-refractivity contribution in [3.05, 3.63) is 23.8 Å².